The monoisotopic (exact) mass is 674 g/mol. The van der Waals surface area contributed by atoms with Gasteiger partial charge in [-0.05, 0) is 48.2 Å². The number of phenols is 1. The number of anilines is 1. The van der Waals surface area contributed by atoms with Crippen LogP contribution in [-0.2, 0) is 13.2 Å². The summed E-state index contributed by atoms with van der Waals surface area (Å²) < 4.78 is 7.48. The summed E-state index contributed by atoms with van der Waals surface area (Å²) in [5.41, 5.74) is 3.34. The Morgan fingerprint density at radius 1 is 0.854 bits per heavy atom. The number of benzene rings is 3. The van der Waals surface area contributed by atoms with Gasteiger partial charge in [-0.15, -0.1) is 0 Å². The lowest BCUT2D eigenvalue weighted by Gasteiger charge is -2.50. The van der Waals surface area contributed by atoms with E-state index in [1.807, 2.05) is 55.4 Å². The average Bonchev–Trinajstić information content (AvgIpc) is 3.19. The highest BCUT2D eigenvalue weighted by atomic mass is 32.2. The van der Waals surface area contributed by atoms with Crippen molar-refractivity contribution in [2.75, 3.05) is 58.3 Å². The third-order valence-corrected chi connectivity index (χ3v) is 12.7. The van der Waals surface area contributed by atoms with Gasteiger partial charge in [0.05, 0.1) is 31.4 Å². The van der Waals surface area contributed by atoms with Crippen molar-refractivity contribution < 1.29 is 24.5 Å². The number of ether oxygens (including phenoxy) is 1. The number of nitrogens with zero attached hydrogens (tertiary/aromatic N) is 3. The van der Waals surface area contributed by atoms with Crippen LogP contribution >= 0.6 is 11.8 Å². The van der Waals surface area contributed by atoms with Crippen molar-refractivity contribution in [2.45, 2.75) is 87.9 Å². The number of aromatic hydroxyl groups is 1. The molecule has 2 bridgehead atoms. The summed E-state index contributed by atoms with van der Waals surface area (Å²) in [7, 11) is 3.83. The van der Waals surface area contributed by atoms with Gasteiger partial charge in [0.1, 0.15) is 30.1 Å². The second kappa shape index (κ2) is 15.0. The predicted octanol–water partition coefficient (Wildman–Crippen LogP) is 6.97. The normalized spacial score (nSPS) is 26.1. The molecule has 7 rings (SSSR count). The van der Waals surface area contributed by atoms with Crippen LogP contribution in [0.15, 0.2) is 65.6 Å². The van der Waals surface area contributed by atoms with E-state index < -0.39 is 22.9 Å². The standard InChI is InChI=1S/C40H55N3O4S/c1-5-7-19-40(20-8-6-2)38(45)35(36-34(48-39(40)46)18-17-33(37(36)44)41(3)4)31-13-15-32(16-14-31)47-28-30-11-9-29(10-12-30)27-43-24-21-42(22-25-43)23-26-43/h9-18,35,38-39,45-46H,5-8,19-28H2,1-4H3/p+1/t35-,38?,39?/m1/s1. The lowest BCUT2D eigenvalue weighted by atomic mass is 9.67. The molecule has 3 fully saturated rings. The van der Waals surface area contributed by atoms with Crippen LogP contribution in [0.1, 0.15) is 80.5 Å². The maximum absolute atomic E-state index is 12.5. The Kier molecular flexibility index (Phi) is 11.0. The van der Waals surface area contributed by atoms with Gasteiger partial charge in [0.15, 0.2) is 0 Å². The molecule has 7 nitrogen and oxygen atoms in total. The van der Waals surface area contributed by atoms with Gasteiger partial charge in [-0.25, -0.2) is 0 Å². The van der Waals surface area contributed by atoms with E-state index in [0.29, 0.717) is 17.9 Å². The Hall–Kier alpha value is -2.75. The Bertz CT molecular complexity index is 1480. The highest BCUT2D eigenvalue weighted by Gasteiger charge is 2.51. The fraction of sp³-hybridized carbons (Fsp3) is 0.550. The van der Waals surface area contributed by atoms with Crippen molar-refractivity contribution in [1.82, 2.24) is 4.90 Å². The van der Waals surface area contributed by atoms with Gasteiger partial charge in [-0.3, -0.25) is 4.90 Å². The second-order valence-electron chi connectivity index (χ2n) is 14.8. The molecular formula is C40H56N3O4S+. The van der Waals surface area contributed by atoms with Gasteiger partial charge in [0.2, 0.25) is 0 Å². The Morgan fingerprint density at radius 3 is 2.04 bits per heavy atom. The molecule has 4 aliphatic rings. The molecule has 4 aliphatic heterocycles. The number of fused-ring (bicyclic) bond motifs is 4. The maximum atomic E-state index is 12.5. The largest absolute Gasteiger partial charge is 0.505 e. The zero-order valence-electron chi connectivity index (χ0n) is 29.4. The Balaban J connectivity index is 1.23. The minimum atomic E-state index is -0.882. The fourth-order valence-electron chi connectivity index (χ4n) is 8.28. The summed E-state index contributed by atoms with van der Waals surface area (Å²) in [6.07, 6.45) is 4.38. The summed E-state index contributed by atoms with van der Waals surface area (Å²) >= 11 is 1.39. The third-order valence-electron chi connectivity index (χ3n) is 11.4. The zero-order chi connectivity index (χ0) is 33.9. The molecule has 3 aromatic carbocycles. The summed E-state index contributed by atoms with van der Waals surface area (Å²) in [6, 6.07) is 20.8. The predicted molar refractivity (Wildman–Crippen MR) is 196 cm³/mol. The van der Waals surface area contributed by atoms with Crippen molar-refractivity contribution in [1.29, 1.82) is 0 Å². The van der Waals surface area contributed by atoms with E-state index in [-0.39, 0.29) is 5.75 Å². The van der Waals surface area contributed by atoms with Gasteiger partial charge in [0, 0.05) is 61.1 Å². The van der Waals surface area contributed by atoms with Crippen molar-refractivity contribution in [3.63, 3.8) is 0 Å². The van der Waals surface area contributed by atoms with Crippen molar-refractivity contribution in [3.05, 3.63) is 82.9 Å². The molecule has 4 heterocycles. The van der Waals surface area contributed by atoms with Gasteiger partial charge in [-0.2, -0.15) is 0 Å². The van der Waals surface area contributed by atoms with Crippen LogP contribution in [0.5, 0.6) is 11.5 Å². The first-order valence-electron chi connectivity index (χ1n) is 18.1. The van der Waals surface area contributed by atoms with E-state index in [1.54, 1.807) is 0 Å². The molecule has 3 saturated heterocycles. The lowest BCUT2D eigenvalue weighted by Crippen LogP contribution is -2.66. The second-order valence-corrected chi connectivity index (χ2v) is 15.9. The number of unbranched alkanes of at least 4 members (excludes halogenated alkanes) is 2. The molecule has 3 N–H and O–H groups in total. The topological polar surface area (TPSA) is 76.4 Å². The van der Waals surface area contributed by atoms with E-state index in [9.17, 15) is 15.3 Å². The number of rotatable bonds is 13. The van der Waals surface area contributed by atoms with Gasteiger partial charge < -0.3 is 29.4 Å². The summed E-state index contributed by atoms with van der Waals surface area (Å²) in [5.74, 6) is 0.424. The molecule has 0 radical (unpaired) electrons. The van der Waals surface area contributed by atoms with Crippen LogP contribution < -0.4 is 9.64 Å². The average molecular weight is 675 g/mol. The van der Waals surface area contributed by atoms with Gasteiger partial charge >= 0.3 is 0 Å². The molecule has 260 valence electrons. The smallest absolute Gasteiger partial charge is 0.143 e. The van der Waals surface area contributed by atoms with Crippen LogP contribution in [0.2, 0.25) is 0 Å². The SMILES string of the molecule is CCCCC1(CCCC)C(O)Sc2ccc(N(C)C)c(O)c2[C@@H](c2ccc(OCc3ccc(C[N+]45CCN(CC4)CC5)cc3)cc2)C1O. The molecule has 0 aromatic heterocycles. The van der Waals surface area contributed by atoms with E-state index in [1.165, 1.54) is 61.1 Å². The minimum absolute atomic E-state index is 0.166. The molecule has 3 atom stereocenters. The summed E-state index contributed by atoms with van der Waals surface area (Å²) in [5, 5.41) is 36.0. The highest BCUT2D eigenvalue weighted by Crippen LogP contribution is 2.57. The van der Waals surface area contributed by atoms with E-state index in [0.717, 1.165) is 66.8 Å². The quantitative estimate of drug-likeness (QED) is 0.169. The van der Waals surface area contributed by atoms with Crippen LogP contribution in [0, 0.1) is 5.41 Å². The number of phenolic OH excluding ortho intramolecular Hbond substituents is 1. The number of aliphatic hydroxyl groups excluding tert-OH is 2. The minimum Gasteiger partial charge on any atom is -0.505 e. The van der Waals surface area contributed by atoms with Crippen LogP contribution in [-0.4, -0.2) is 89.6 Å². The molecule has 2 unspecified atom stereocenters. The fourth-order valence-corrected chi connectivity index (χ4v) is 9.63. The number of hydrogen-bond donors (Lipinski definition) is 3. The molecule has 48 heavy (non-hydrogen) atoms. The van der Waals surface area contributed by atoms with Crippen LogP contribution in [0.4, 0.5) is 5.69 Å². The lowest BCUT2D eigenvalue weighted by molar-refractivity contribution is -0.953. The van der Waals surface area contributed by atoms with Crippen LogP contribution in [0.25, 0.3) is 0 Å². The van der Waals surface area contributed by atoms with Crippen molar-refractivity contribution in [3.8, 4) is 11.5 Å². The number of aliphatic hydroxyl groups is 2. The van der Waals surface area contributed by atoms with E-state index in [4.69, 9.17) is 4.74 Å². The first-order valence-corrected chi connectivity index (χ1v) is 19.0. The van der Waals surface area contributed by atoms with E-state index in [2.05, 4.69) is 43.0 Å². The number of thioether (sulfide) groups is 1. The molecule has 8 heteroatoms. The zero-order valence-corrected chi connectivity index (χ0v) is 30.2. The molecule has 0 aliphatic carbocycles. The third kappa shape index (κ3) is 7.10. The van der Waals surface area contributed by atoms with E-state index >= 15 is 0 Å². The van der Waals surface area contributed by atoms with Crippen molar-refractivity contribution >= 4 is 17.4 Å². The van der Waals surface area contributed by atoms with Gasteiger partial charge in [0.25, 0.3) is 0 Å². The highest BCUT2D eigenvalue weighted by molar-refractivity contribution is 7.99. The molecule has 3 aromatic rings. The van der Waals surface area contributed by atoms with Crippen molar-refractivity contribution in [2.24, 2.45) is 5.41 Å². The summed E-state index contributed by atoms with van der Waals surface area (Å²) in [4.78, 5) is 5.31. The molecule has 0 spiro atoms. The number of hydrogen-bond acceptors (Lipinski definition) is 7. The summed E-state index contributed by atoms with van der Waals surface area (Å²) in [6.45, 7) is 13.4. The first kappa shape index (κ1) is 35.1. The maximum Gasteiger partial charge on any atom is 0.143 e. The Labute approximate surface area is 292 Å². The number of piperazine rings is 3. The first-order chi connectivity index (χ1) is 23.2. The number of quaternary nitrogens is 1. The Morgan fingerprint density at radius 2 is 1.46 bits per heavy atom. The molecule has 0 saturated carbocycles. The van der Waals surface area contributed by atoms with Gasteiger partial charge in [-0.1, -0.05) is 87.7 Å². The molecule has 0 amide bonds. The van der Waals surface area contributed by atoms with Crippen LogP contribution in [0.3, 0.4) is 0 Å². The molecular weight excluding hydrogens is 619 g/mol.